The molecule has 0 saturated heterocycles. The molecular weight excluding hydrogens is 410 g/mol. The first kappa shape index (κ1) is 18.9. The Morgan fingerprint density at radius 2 is 1.78 bits per heavy atom. The first-order chi connectivity index (χ1) is 12.6. The number of alkyl halides is 3. The predicted molar refractivity (Wildman–Crippen MR) is 91.8 cm³/mol. The van der Waals surface area contributed by atoms with Crippen LogP contribution >= 0.6 is 23.2 Å². The monoisotopic (exact) mass is 417 g/mol. The van der Waals surface area contributed by atoms with Gasteiger partial charge in [0.05, 0.1) is 15.6 Å². The fraction of sp³-hybridized carbons (Fsp3) is 0.0667. The highest BCUT2D eigenvalue weighted by Crippen LogP contribution is 2.36. The van der Waals surface area contributed by atoms with Gasteiger partial charge in [0, 0.05) is 18.5 Å². The first-order valence-electron chi connectivity index (χ1n) is 7.07. The lowest BCUT2D eigenvalue weighted by molar-refractivity contribution is -0.142. The molecule has 3 rings (SSSR count). The third-order valence-corrected chi connectivity index (χ3v) is 3.94. The van der Waals surface area contributed by atoms with Gasteiger partial charge in [-0.1, -0.05) is 23.2 Å². The minimum Gasteiger partial charge on any atom is -0.449 e. The van der Waals surface area contributed by atoms with Crippen LogP contribution in [0.2, 0.25) is 10.0 Å². The average Bonchev–Trinajstić information content (AvgIpc) is 2.59. The van der Waals surface area contributed by atoms with Crippen molar-refractivity contribution in [1.82, 2.24) is 19.9 Å². The van der Waals surface area contributed by atoms with E-state index in [1.54, 1.807) is 0 Å². The molecule has 0 aliphatic carbocycles. The third-order valence-electron chi connectivity index (χ3n) is 3.20. The molecule has 3 aromatic rings. The Labute approximate surface area is 159 Å². The molecule has 0 saturated carbocycles. The van der Waals surface area contributed by atoms with E-state index in [-0.39, 0.29) is 27.3 Å². The standard InChI is InChI=1S/C15H8Cl2F3N5O2/c16-8-2-1-7(3-9(8)17)27-10-11(15(18,19)20)24-12(25-13(10)26)6-4-22-14(21)23-5-6/h1-5H,(H2,21,22,23)(H,24,25,26). The van der Waals surface area contributed by atoms with Crippen LogP contribution in [0.1, 0.15) is 5.69 Å². The highest BCUT2D eigenvalue weighted by Gasteiger charge is 2.39. The van der Waals surface area contributed by atoms with Crippen molar-refractivity contribution in [3.8, 4) is 22.9 Å². The lowest BCUT2D eigenvalue weighted by atomic mass is 10.2. The molecule has 7 nitrogen and oxygen atoms in total. The number of aromatic amines is 1. The van der Waals surface area contributed by atoms with Gasteiger partial charge in [-0.2, -0.15) is 13.2 Å². The van der Waals surface area contributed by atoms with Crippen molar-refractivity contribution in [2.45, 2.75) is 6.18 Å². The number of nitrogens with one attached hydrogen (secondary N) is 1. The molecule has 12 heteroatoms. The molecule has 27 heavy (non-hydrogen) atoms. The zero-order chi connectivity index (χ0) is 19.8. The van der Waals surface area contributed by atoms with Gasteiger partial charge in [-0.05, 0) is 12.1 Å². The van der Waals surface area contributed by atoms with E-state index in [0.717, 1.165) is 12.4 Å². The number of nitrogen functional groups attached to an aromatic ring is 1. The van der Waals surface area contributed by atoms with Crippen molar-refractivity contribution in [2.24, 2.45) is 0 Å². The molecule has 0 bridgehead atoms. The van der Waals surface area contributed by atoms with Gasteiger partial charge in [0.25, 0.3) is 5.56 Å². The summed E-state index contributed by atoms with van der Waals surface area (Å²) in [5, 5.41) is 0.216. The lowest BCUT2D eigenvalue weighted by Crippen LogP contribution is -2.20. The Morgan fingerprint density at radius 3 is 2.37 bits per heavy atom. The number of nitrogens with two attached hydrogens (primary N) is 1. The fourth-order valence-electron chi connectivity index (χ4n) is 2.00. The molecule has 0 aliphatic rings. The minimum atomic E-state index is -4.97. The summed E-state index contributed by atoms with van der Waals surface area (Å²) in [4.78, 5) is 25.2. The number of hydrogen-bond donors (Lipinski definition) is 2. The molecule has 3 N–H and O–H groups in total. The summed E-state index contributed by atoms with van der Waals surface area (Å²) in [5.41, 5.74) is 2.69. The van der Waals surface area contributed by atoms with Crippen LogP contribution in [0.25, 0.3) is 11.4 Å². The Bertz CT molecular complexity index is 1050. The molecular formula is C15H8Cl2F3N5O2. The molecule has 1 aromatic carbocycles. The van der Waals surface area contributed by atoms with E-state index in [4.69, 9.17) is 33.7 Å². The zero-order valence-electron chi connectivity index (χ0n) is 13.0. The fourth-order valence-corrected chi connectivity index (χ4v) is 2.29. The topological polar surface area (TPSA) is 107 Å². The van der Waals surface area contributed by atoms with Crippen LogP contribution in [0.5, 0.6) is 11.5 Å². The molecule has 0 fully saturated rings. The molecule has 2 aromatic heterocycles. The zero-order valence-corrected chi connectivity index (χ0v) is 14.5. The largest absolute Gasteiger partial charge is 0.449 e. The SMILES string of the molecule is Nc1ncc(-c2nc(C(F)(F)F)c(Oc3ccc(Cl)c(Cl)c3)c(=O)[nH]2)cn1. The summed E-state index contributed by atoms with van der Waals surface area (Å²) in [7, 11) is 0. The number of anilines is 1. The van der Waals surface area contributed by atoms with Crippen molar-refractivity contribution in [3.63, 3.8) is 0 Å². The van der Waals surface area contributed by atoms with Gasteiger partial charge in [-0.3, -0.25) is 4.79 Å². The lowest BCUT2D eigenvalue weighted by Gasteiger charge is -2.13. The average molecular weight is 418 g/mol. The van der Waals surface area contributed by atoms with E-state index in [9.17, 15) is 18.0 Å². The number of ether oxygens (including phenoxy) is 1. The number of aromatic nitrogens is 4. The van der Waals surface area contributed by atoms with E-state index in [1.165, 1.54) is 18.2 Å². The number of benzene rings is 1. The maximum atomic E-state index is 13.4. The summed E-state index contributed by atoms with van der Waals surface area (Å²) < 4.78 is 45.4. The molecule has 140 valence electrons. The highest BCUT2D eigenvalue weighted by molar-refractivity contribution is 6.42. The van der Waals surface area contributed by atoms with Crippen LogP contribution in [0.4, 0.5) is 19.1 Å². The molecule has 0 amide bonds. The van der Waals surface area contributed by atoms with Gasteiger partial charge in [0.15, 0.2) is 5.69 Å². The van der Waals surface area contributed by atoms with Crippen molar-refractivity contribution in [1.29, 1.82) is 0 Å². The first-order valence-corrected chi connectivity index (χ1v) is 7.83. The van der Waals surface area contributed by atoms with Crippen molar-refractivity contribution in [3.05, 3.63) is 56.7 Å². The van der Waals surface area contributed by atoms with Crippen molar-refractivity contribution < 1.29 is 17.9 Å². The molecule has 0 unspecified atom stereocenters. The number of hydrogen-bond acceptors (Lipinski definition) is 6. The van der Waals surface area contributed by atoms with Gasteiger partial charge in [-0.15, -0.1) is 0 Å². The predicted octanol–water partition coefficient (Wildman–Crippen LogP) is 3.93. The Kier molecular flexibility index (Phi) is 4.94. The molecule has 0 radical (unpaired) electrons. The molecule has 0 spiro atoms. The Balaban J connectivity index is 2.11. The van der Waals surface area contributed by atoms with Gasteiger partial charge >= 0.3 is 6.18 Å². The van der Waals surface area contributed by atoms with Gasteiger partial charge in [0.1, 0.15) is 11.6 Å². The van der Waals surface area contributed by atoms with E-state index < -0.39 is 29.0 Å². The number of H-pyrrole nitrogens is 1. The van der Waals surface area contributed by atoms with Crippen LogP contribution in [0.15, 0.2) is 35.4 Å². The molecule has 0 atom stereocenters. The summed E-state index contributed by atoms with van der Waals surface area (Å²) in [5.74, 6) is -1.64. The summed E-state index contributed by atoms with van der Waals surface area (Å²) in [6.07, 6.45) is -2.72. The molecule has 0 aliphatic heterocycles. The quantitative estimate of drug-likeness (QED) is 0.668. The number of nitrogens with zero attached hydrogens (tertiary/aromatic N) is 3. The normalized spacial score (nSPS) is 11.4. The van der Waals surface area contributed by atoms with Crippen LogP contribution in [-0.2, 0) is 6.18 Å². The maximum Gasteiger partial charge on any atom is 0.437 e. The number of halogens is 5. The second-order valence-electron chi connectivity index (χ2n) is 5.10. The minimum absolute atomic E-state index is 0.0351. The van der Waals surface area contributed by atoms with Crippen molar-refractivity contribution >= 4 is 29.2 Å². The van der Waals surface area contributed by atoms with Gasteiger partial charge < -0.3 is 15.5 Å². The van der Waals surface area contributed by atoms with Crippen LogP contribution < -0.4 is 16.0 Å². The van der Waals surface area contributed by atoms with E-state index in [2.05, 4.69) is 19.9 Å². The van der Waals surface area contributed by atoms with Gasteiger partial charge in [0.2, 0.25) is 11.7 Å². The van der Waals surface area contributed by atoms with Crippen LogP contribution in [0, 0.1) is 0 Å². The van der Waals surface area contributed by atoms with E-state index in [0.29, 0.717) is 0 Å². The Morgan fingerprint density at radius 1 is 1.11 bits per heavy atom. The second-order valence-corrected chi connectivity index (χ2v) is 5.91. The third kappa shape index (κ3) is 4.12. The summed E-state index contributed by atoms with van der Waals surface area (Å²) in [6, 6.07) is 3.74. The summed E-state index contributed by atoms with van der Waals surface area (Å²) in [6.45, 7) is 0. The highest BCUT2D eigenvalue weighted by atomic mass is 35.5. The van der Waals surface area contributed by atoms with Gasteiger partial charge in [-0.25, -0.2) is 15.0 Å². The smallest absolute Gasteiger partial charge is 0.437 e. The molecule has 2 heterocycles. The van der Waals surface area contributed by atoms with Crippen LogP contribution in [0.3, 0.4) is 0 Å². The Hall–Kier alpha value is -2.85. The van der Waals surface area contributed by atoms with Crippen molar-refractivity contribution in [2.75, 3.05) is 5.73 Å². The second kappa shape index (κ2) is 7.05. The summed E-state index contributed by atoms with van der Waals surface area (Å²) >= 11 is 11.6. The maximum absolute atomic E-state index is 13.4. The van der Waals surface area contributed by atoms with E-state index in [1.807, 2.05) is 0 Å². The van der Waals surface area contributed by atoms with Crippen LogP contribution in [-0.4, -0.2) is 19.9 Å². The number of rotatable bonds is 3. The van der Waals surface area contributed by atoms with E-state index >= 15 is 0 Å².